The lowest BCUT2D eigenvalue weighted by atomic mass is 9.97. The van der Waals surface area contributed by atoms with Crippen molar-refractivity contribution < 1.29 is 4.74 Å². The van der Waals surface area contributed by atoms with Crippen molar-refractivity contribution in [1.82, 2.24) is 19.7 Å². The van der Waals surface area contributed by atoms with Gasteiger partial charge in [0, 0.05) is 19.2 Å². The van der Waals surface area contributed by atoms with Crippen LogP contribution in [-0.4, -0.2) is 26.4 Å². The normalized spacial score (nSPS) is 11.4. The van der Waals surface area contributed by atoms with Crippen molar-refractivity contribution in [2.75, 3.05) is 6.61 Å². The topological polar surface area (TPSA) is 76.6 Å². The first-order valence-corrected chi connectivity index (χ1v) is 8.27. The van der Waals surface area contributed by atoms with Crippen molar-refractivity contribution in [3.63, 3.8) is 0 Å². The van der Waals surface area contributed by atoms with Crippen LogP contribution < -0.4 is 4.74 Å². The van der Waals surface area contributed by atoms with Gasteiger partial charge in [-0.1, -0.05) is 51.1 Å². The lowest BCUT2D eigenvalue weighted by Crippen LogP contribution is -2.17. The molecule has 128 valence electrons. The SMILES string of the molecule is CC(C)(C)Cn1nc(OCCc2ccccc2)c2cnc(C#N)nc21. The van der Waals surface area contributed by atoms with Crippen LogP contribution in [0.1, 0.15) is 32.2 Å². The number of rotatable bonds is 5. The molecule has 0 aliphatic carbocycles. The number of aromatic nitrogens is 4. The number of nitriles is 1. The van der Waals surface area contributed by atoms with Crippen molar-refractivity contribution in [1.29, 1.82) is 5.26 Å². The predicted octanol–water partition coefficient (Wildman–Crippen LogP) is 3.37. The summed E-state index contributed by atoms with van der Waals surface area (Å²) in [6.45, 7) is 7.58. The van der Waals surface area contributed by atoms with E-state index >= 15 is 0 Å². The Balaban J connectivity index is 1.85. The van der Waals surface area contributed by atoms with Gasteiger partial charge >= 0.3 is 0 Å². The fourth-order valence-corrected chi connectivity index (χ4v) is 2.56. The fraction of sp³-hybridized carbons (Fsp3) is 0.368. The maximum atomic E-state index is 9.06. The summed E-state index contributed by atoms with van der Waals surface area (Å²) in [4.78, 5) is 8.37. The summed E-state index contributed by atoms with van der Waals surface area (Å²) in [6, 6.07) is 12.1. The van der Waals surface area contributed by atoms with Gasteiger partial charge in [-0.05, 0) is 11.0 Å². The molecule has 1 aromatic carbocycles. The molecule has 2 aromatic heterocycles. The van der Waals surface area contributed by atoms with E-state index < -0.39 is 0 Å². The second-order valence-corrected chi connectivity index (χ2v) is 7.15. The standard InChI is InChI=1S/C19H21N5O/c1-19(2,3)13-24-17-15(12-21-16(11-20)22-17)18(23-24)25-10-9-14-7-5-4-6-8-14/h4-8,12H,9-10,13H2,1-3H3. The predicted molar refractivity (Wildman–Crippen MR) is 95.1 cm³/mol. The first kappa shape index (κ1) is 16.9. The van der Waals surface area contributed by atoms with Crippen LogP contribution in [0.3, 0.4) is 0 Å². The highest BCUT2D eigenvalue weighted by Crippen LogP contribution is 2.26. The van der Waals surface area contributed by atoms with E-state index in [9.17, 15) is 0 Å². The number of nitrogens with zero attached hydrogens (tertiary/aromatic N) is 5. The highest BCUT2D eigenvalue weighted by Gasteiger charge is 2.19. The largest absolute Gasteiger partial charge is 0.476 e. The monoisotopic (exact) mass is 335 g/mol. The molecule has 25 heavy (non-hydrogen) atoms. The minimum absolute atomic E-state index is 0.0258. The lowest BCUT2D eigenvalue weighted by molar-refractivity contribution is 0.292. The van der Waals surface area contributed by atoms with E-state index in [4.69, 9.17) is 10.00 Å². The molecule has 0 saturated heterocycles. The number of hydrogen-bond acceptors (Lipinski definition) is 5. The van der Waals surface area contributed by atoms with Gasteiger partial charge in [-0.15, -0.1) is 5.10 Å². The number of ether oxygens (including phenoxy) is 1. The van der Waals surface area contributed by atoms with Crippen LogP contribution in [0.4, 0.5) is 0 Å². The lowest BCUT2D eigenvalue weighted by Gasteiger charge is -2.17. The van der Waals surface area contributed by atoms with E-state index in [-0.39, 0.29) is 11.2 Å². The molecule has 6 nitrogen and oxygen atoms in total. The maximum Gasteiger partial charge on any atom is 0.244 e. The van der Waals surface area contributed by atoms with Gasteiger partial charge in [0.1, 0.15) is 11.5 Å². The summed E-state index contributed by atoms with van der Waals surface area (Å²) in [6.07, 6.45) is 2.41. The Hall–Kier alpha value is -2.94. The summed E-state index contributed by atoms with van der Waals surface area (Å²) in [5, 5.41) is 14.4. The van der Waals surface area contributed by atoms with E-state index in [1.807, 2.05) is 24.3 Å². The van der Waals surface area contributed by atoms with Gasteiger partial charge in [0.05, 0.1) is 6.61 Å². The number of benzene rings is 1. The van der Waals surface area contributed by atoms with Crippen LogP contribution in [0, 0.1) is 16.7 Å². The van der Waals surface area contributed by atoms with E-state index in [0.717, 1.165) is 11.8 Å². The van der Waals surface area contributed by atoms with Gasteiger partial charge in [0.25, 0.3) is 0 Å². The molecule has 0 amide bonds. The summed E-state index contributed by atoms with van der Waals surface area (Å²) >= 11 is 0. The number of fused-ring (bicyclic) bond motifs is 1. The quantitative estimate of drug-likeness (QED) is 0.714. The molecule has 0 aliphatic heterocycles. The summed E-state index contributed by atoms with van der Waals surface area (Å²) in [5.41, 5.74) is 1.87. The third-order valence-corrected chi connectivity index (χ3v) is 3.65. The highest BCUT2D eigenvalue weighted by molar-refractivity contribution is 5.80. The molecule has 0 spiro atoms. The van der Waals surface area contributed by atoms with Crippen molar-refractivity contribution in [3.8, 4) is 11.9 Å². The van der Waals surface area contributed by atoms with E-state index in [0.29, 0.717) is 24.7 Å². The van der Waals surface area contributed by atoms with Crippen LogP contribution >= 0.6 is 0 Å². The molecular weight excluding hydrogens is 314 g/mol. The molecule has 3 rings (SSSR count). The third kappa shape index (κ3) is 4.13. The molecule has 0 radical (unpaired) electrons. The van der Waals surface area contributed by atoms with E-state index in [1.165, 1.54) is 5.56 Å². The maximum absolute atomic E-state index is 9.06. The molecule has 0 fully saturated rings. The zero-order valence-corrected chi connectivity index (χ0v) is 14.7. The van der Waals surface area contributed by atoms with E-state index in [2.05, 4.69) is 48.0 Å². The van der Waals surface area contributed by atoms with Gasteiger partial charge in [-0.2, -0.15) is 10.2 Å². The summed E-state index contributed by atoms with van der Waals surface area (Å²) < 4.78 is 7.70. The summed E-state index contributed by atoms with van der Waals surface area (Å²) in [7, 11) is 0. The number of hydrogen-bond donors (Lipinski definition) is 0. The Kier molecular flexibility index (Phi) is 4.66. The molecule has 2 heterocycles. The van der Waals surface area contributed by atoms with Crippen molar-refractivity contribution >= 4 is 11.0 Å². The minimum atomic E-state index is 0.0258. The smallest absolute Gasteiger partial charge is 0.244 e. The first-order chi connectivity index (χ1) is 12.0. The van der Waals surface area contributed by atoms with Crippen LogP contribution in [-0.2, 0) is 13.0 Å². The zero-order valence-electron chi connectivity index (χ0n) is 14.7. The Morgan fingerprint density at radius 1 is 1.20 bits per heavy atom. The molecule has 0 bridgehead atoms. The van der Waals surface area contributed by atoms with Crippen molar-refractivity contribution in [2.45, 2.75) is 33.7 Å². The minimum Gasteiger partial charge on any atom is -0.476 e. The first-order valence-electron chi connectivity index (χ1n) is 8.27. The molecule has 6 heteroatoms. The van der Waals surface area contributed by atoms with Gasteiger partial charge in [0.15, 0.2) is 5.65 Å². The zero-order chi connectivity index (χ0) is 17.9. The average Bonchev–Trinajstić information content (AvgIpc) is 2.91. The third-order valence-electron chi connectivity index (χ3n) is 3.65. The van der Waals surface area contributed by atoms with E-state index in [1.54, 1.807) is 10.9 Å². The van der Waals surface area contributed by atoms with Crippen LogP contribution in [0.25, 0.3) is 11.0 Å². The molecular formula is C19H21N5O. The Morgan fingerprint density at radius 3 is 2.64 bits per heavy atom. The summed E-state index contributed by atoms with van der Waals surface area (Å²) in [5.74, 6) is 0.651. The van der Waals surface area contributed by atoms with Crippen LogP contribution in [0.15, 0.2) is 36.5 Å². The molecule has 0 N–H and O–H groups in total. The molecule has 0 aliphatic rings. The molecule has 0 atom stereocenters. The van der Waals surface area contributed by atoms with Crippen LogP contribution in [0.5, 0.6) is 5.88 Å². The fourth-order valence-electron chi connectivity index (χ4n) is 2.56. The Morgan fingerprint density at radius 2 is 1.96 bits per heavy atom. The van der Waals surface area contributed by atoms with Crippen molar-refractivity contribution in [3.05, 3.63) is 47.9 Å². The molecule has 3 aromatic rings. The highest BCUT2D eigenvalue weighted by atomic mass is 16.5. The Bertz CT molecular complexity index is 903. The second kappa shape index (κ2) is 6.89. The van der Waals surface area contributed by atoms with Gasteiger partial charge < -0.3 is 4.74 Å². The van der Waals surface area contributed by atoms with Crippen molar-refractivity contribution in [2.24, 2.45) is 5.41 Å². The van der Waals surface area contributed by atoms with Gasteiger partial charge in [0.2, 0.25) is 11.7 Å². The van der Waals surface area contributed by atoms with Crippen LogP contribution in [0.2, 0.25) is 0 Å². The molecule has 0 unspecified atom stereocenters. The van der Waals surface area contributed by atoms with Gasteiger partial charge in [-0.3, -0.25) is 0 Å². The molecule has 0 saturated carbocycles. The average molecular weight is 335 g/mol. The van der Waals surface area contributed by atoms with Gasteiger partial charge in [-0.25, -0.2) is 9.67 Å². The second-order valence-electron chi connectivity index (χ2n) is 7.15. The Labute approximate surface area is 147 Å².